The van der Waals surface area contributed by atoms with E-state index in [1.165, 1.54) is 6.08 Å². The fourth-order valence-electron chi connectivity index (χ4n) is 3.19. The molecule has 1 aliphatic heterocycles. The van der Waals surface area contributed by atoms with E-state index in [0.29, 0.717) is 36.0 Å². The van der Waals surface area contributed by atoms with Crippen LogP contribution in [0.3, 0.4) is 0 Å². The van der Waals surface area contributed by atoms with Crippen molar-refractivity contribution in [1.82, 2.24) is 0 Å². The SMILES string of the molecule is CCOc1ccc(/C=C/C(=O)OCC(=O)c2ccc3c(c2)[C@H](C)C(=O)N3)cc1OCC. The molecule has 0 unspecified atom stereocenters. The predicted octanol–water partition coefficient (Wildman–Crippen LogP) is 3.98. The number of hydrogen-bond donors (Lipinski definition) is 1. The van der Waals surface area contributed by atoms with Crippen LogP contribution in [0, 0.1) is 0 Å². The second-order valence-corrected chi connectivity index (χ2v) is 6.95. The minimum atomic E-state index is -0.633. The smallest absolute Gasteiger partial charge is 0.331 e. The first kappa shape index (κ1) is 22.1. The third-order valence-corrected chi connectivity index (χ3v) is 4.82. The van der Waals surface area contributed by atoms with Crippen LogP contribution in [0.5, 0.6) is 11.5 Å². The summed E-state index contributed by atoms with van der Waals surface area (Å²) in [6.07, 6.45) is 2.84. The van der Waals surface area contributed by atoms with E-state index < -0.39 is 5.97 Å². The summed E-state index contributed by atoms with van der Waals surface area (Å²) in [4.78, 5) is 36.2. The van der Waals surface area contributed by atoms with Crippen molar-refractivity contribution in [2.75, 3.05) is 25.1 Å². The molecule has 0 spiro atoms. The lowest BCUT2D eigenvalue weighted by Crippen LogP contribution is -2.13. The molecule has 162 valence electrons. The van der Waals surface area contributed by atoms with Crippen LogP contribution in [0.1, 0.15) is 48.2 Å². The molecule has 3 rings (SSSR count). The molecule has 1 aliphatic rings. The maximum absolute atomic E-state index is 12.4. The van der Waals surface area contributed by atoms with Crippen molar-refractivity contribution in [1.29, 1.82) is 0 Å². The summed E-state index contributed by atoms with van der Waals surface area (Å²) in [5, 5.41) is 2.76. The molecule has 2 aromatic carbocycles. The monoisotopic (exact) mass is 423 g/mol. The number of benzene rings is 2. The molecular weight excluding hydrogens is 398 g/mol. The molecule has 1 N–H and O–H groups in total. The predicted molar refractivity (Wildman–Crippen MR) is 117 cm³/mol. The second kappa shape index (κ2) is 9.93. The summed E-state index contributed by atoms with van der Waals surface area (Å²) in [6.45, 7) is 6.17. The zero-order valence-corrected chi connectivity index (χ0v) is 17.8. The Labute approximate surface area is 181 Å². The van der Waals surface area contributed by atoms with Gasteiger partial charge in [-0.1, -0.05) is 6.07 Å². The number of carbonyl (C=O) groups is 3. The summed E-state index contributed by atoms with van der Waals surface area (Å²) in [7, 11) is 0. The first-order chi connectivity index (χ1) is 14.9. The normalized spacial score (nSPS) is 14.8. The van der Waals surface area contributed by atoms with E-state index in [9.17, 15) is 14.4 Å². The number of ketones is 1. The van der Waals surface area contributed by atoms with Crippen molar-refractivity contribution < 1.29 is 28.6 Å². The molecule has 2 aromatic rings. The van der Waals surface area contributed by atoms with Gasteiger partial charge in [-0.25, -0.2) is 4.79 Å². The fraction of sp³-hybridized carbons (Fsp3) is 0.292. The maximum atomic E-state index is 12.4. The highest BCUT2D eigenvalue weighted by Gasteiger charge is 2.27. The summed E-state index contributed by atoms with van der Waals surface area (Å²) >= 11 is 0. The van der Waals surface area contributed by atoms with Crippen LogP contribution < -0.4 is 14.8 Å². The zero-order chi connectivity index (χ0) is 22.4. The van der Waals surface area contributed by atoms with E-state index in [1.54, 1.807) is 49.4 Å². The third kappa shape index (κ3) is 5.31. The Kier molecular flexibility index (Phi) is 7.07. The van der Waals surface area contributed by atoms with E-state index in [2.05, 4.69) is 5.32 Å². The van der Waals surface area contributed by atoms with Crippen molar-refractivity contribution in [3.05, 3.63) is 59.2 Å². The number of Topliss-reactive ketones (excluding diaryl/α,β-unsaturated/α-hetero) is 1. The average Bonchev–Trinajstić information content (AvgIpc) is 3.05. The lowest BCUT2D eigenvalue weighted by atomic mass is 9.99. The highest BCUT2D eigenvalue weighted by Crippen LogP contribution is 2.33. The van der Waals surface area contributed by atoms with Gasteiger partial charge in [-0.3, -0.25) is 9.59 Å². The number of amides is 1. The average molecular weight is 423 g/mol. The molecule has 0 saturated carbocycles. The standard InChI is InChI=1S/C24H25NO6/c1-4-29-21-10-6-16(12-22(21)30-5-2)7-11-23(27)31-14-20(26)17-8-9-19-18(13-17)15(3)24(28)25-19/h6-13,15H,4-5,14H2,1-3H3,(H,25,28)/b11-7+/t15-/m0/s1. The Morgan fingerprint density at radius 1 is 1.03 bits per heavy atom. The Hall–Kier alpha value is -3.61. The summed E-state index contributed by atoms with van der Waals surface area (Å²) < 4.78 is 16.2. The number of rotatable bonds is 9. The van der Waals surface area contributed by atoms with Crippen molar-refractivity contribution in [2.45, 2.75) is 26.7 Å². The highest BCUT2D eigenvalue weighted by molar-refractivity contribution is 6.05. The van der Waals surface area contributed by atoms with Gasteiger partial charge < -0.3 is 19.5 Å². The van der Waals surface area contributed by atoms with Crippen LogP contribution in [0.4, 0.5) is 5.69 Å². The van der Waals surface area contributed by atoms with E-state index >= 15 is 0 Å². The number of carbonyl (C=O) groups excluding carboxylic acids is 3. The largest absolute Gasteiger partial charge is 0.490 e. The van der Waals surface area contributed by atoms with Gasteiger partial charge in [-0.05, 0) is 68.3 Å². The number of nitrogens with one attached hydrogen (secondary N) is 1. The molecule has 7 nitrogen and oxygen atoms in total. The Morgan fingerprint density at radius 2 is 1.77 bits per heavy atom. The summed E-state index contributed by atoms with van der Waals surface area (Å²) in [5.74, 6) is -0.159. The zero-order valence-electron chi connectivity index (χ0n) is 17.8. The molecule has 0 fully saturated rings. The number of hydrogen-bond acceptors (Lipinski definition) is 6. The lowest BCUT2D eigenvalue weighted by molar-refractivity contribution is -0.136. The van der Waals surface area contributed by atoms with Gasteiger partial charge in [0.15, 0.2) is 23.9 Å². The van der Waals surface area contributed by atoms with Crippen LogP contribution in [0.15, 0.2) is 42.5 Å². The van der Waals surface area contributed by atoms with Gasteiger partial charge in [0.2, 0.25) is 5.91 Å². The molecule has 0 bridgehead atoms. The van der Waals surface area contributed by atoms with Gasteiger partial charge in [0.05, 0.1) is 19.1 Å². The first-order valence-corrected chi connectivity index (χ1v) is 10.1. The number of anilines is 1. The Bertz CT molecular complexity index is 1030. The molecule has 1 heterocycles. The van der Waals surface area contributed by atoms with Gasteiger partial charge >= 0.3 is 5.97 Å². The number of esters is 1. The van der Waals surface area contributed by atoms with Crippen molar-refractivity contribution in [3.8, 4) is 11.5 Å². The first-order valence-electron chi connectivity index (χ1n) is 10.1. The minimum Gasteiger partial charge on any atom is -0.490 e. The minimum absolute atomic E-state index is 0.0991. The highest BCUT2D eigenvalue weighted by atomic mass is 16.5. The van der Waals surface area contributed by atoms with E-state index in [0.717, 1.165) is 11.1 Å². The molecule has 0 aromatic heterocycles. The lowest BCUT2D eigenvalue weighted by Gasteiger charge is -2.11. The molecule has 0 saturated heterocycles. The van der Waals surface area contributed by atoms with E-state index in [1.807, 2.05) is 13.8 Å². The van der Waals surface area contributed by atoms with Crippen molar-refractivity contribution >= 4 is 29.4 Å². The van der Waals surface area contributed by atoms with Crippen molar-refractivity contribution in [2.24, 2.45) is 0 Å². The van der Waals surface area contributed by atoms with Gasteiger partial charge in [0.25, 0.3) is 0 Å². The van der Waals surface area contributed by atoms with Crippen LogP contribution in [0.25, 0.3) is 6.08 Å². The van der Waals surface area contributed by atoms with E-state index in [-0.39, 0.29) is 24.2 Å². The van der Waals surface area contributed by atoms with Crippen LogP contribution in [0.2, 0.25) is 0 Å². The van der Waals surface area contributed by atoms with Crippen molar-refractivity contribution in [3.63, 3.8) is 0 Å². The molecule has 1 amide bonds. The van der Waals surface area contributed by atoms with Gasteiger partial charge in [-0.2, -0.15) is 0 Å². The van der Waals surface area contributed by atoms with Crippen LogP contribution in [-0.4, -0.2) is 37.5 Å². The summed E-state index contributed by atoms with van der Waals surface area (Å²) in [6, 6.07) is 10.3. The molecule has 1 atom stereocenters. The second-order valence-electron chi connectivity index (χ2n) is 6.95. The van der Waals surface area contributed by atoms with E-state index in [4.69, 9.17) is 14.2 Å². The third-order valence-electron chi connectivity index (χ3n) is 4.82. The number of ether oxygens (including phenoxy) is 3. The van der Waals surface area contributed by atoms with Gasteiger partial charge in [-0.15, -0.1) is 0 Å². The fourth-order valence-corrected chi connectivity index (χ4v) is 3.19. The molecule has 7 heteroatoms. The van der Waals surface area contributed by atoms with Crippen LogP contribution >= 0.6 is 0 Å². The molecule has 31 heavy (non-hydrogen) atoms. The molecular formula is C24H25NO6. The van der Waals surface area contributed by atoms with Crippen LogP contribution in [-0.2, 0) is 14.3 Å². The summed E-state index contributed by atoms with van der Waals surface area (Å²) in [5.41, 5.74) is 2.60. The van der Waals surface area contributed by atoms with Gasteiger partial charge in [0, 0.05) is 17.3 Å². The Morgan fingerprint density at radius 3 is 2.52 bits per heavy atom. The van der Waals surface area contributed by atoms with Gasteiger partial charge in [0.1, 0.15) is 0 Å². The topological polar surface area (TPSA) is 90.9 Å². The molecule has 0 radical (unpaired) electrons. The quantitative estimate of drug-likeness (QED) is 0.373. The Balaban J connectivity index is 1.59. The number of fused-ring (bicyclic) bond motifs is 1. The molecule has 0 aliphatic carbocycles. The maximum Gasteiger partial charge on any atom is 0.331 e.